The normalized spacial score (nSPS) is 30.6. The molecule has 1 aliphatic heterocycles. The van der Waals surface area contributed by atoms with Crippen molar-refractivity contribution in [3.8, 4) is 17.1 Å². The summed E-state index contributed by atoms with van der Waals surface area (Å²) in [5.74, 6) is -4.97. The number of carbonyl (C=O) groups is 2. The highest BCUT2D eigenvalue weighted by Crippen LogP contribution is 2.50. The number of benzene rings is 1. The first-order valence-corrected chi connectivity index (χ1v) is 18.4. The number of nitrogens with zero attached hydrogens (tertiary/aromatic N) is 4. The summed E-state index contributed by atoms with van der Waals surface area (Å²) in [5.41, 5.74) is -2.93. The number of likely N-dealkylation sites (tertiary alicyclic amines) is 1. The molecule has 2 N–H and O–H groups in total. The first kappa shape index (κ1) is 36.5. The van der Waals surface area contributed by atoms with Crippen LogP contribution in [0.2, 0.25) is 0 Å². The van der Waals surface area contributed by atoms with E-state index in [9.17, 15) is 36.6 Å². The average Bonchev–Trinajstić information content (AvgIpc) is 3.44. The monoisotopic (exact) mass is 731 g/mol. The molecular formula is C38H46F5N5O4. The van der Waals surface area contributed by atoms with Gasteiger partial charge in [0.1, 0.15) is 11.3 Å². The third-order valence-electron chi connectivity index (χ3n) is 12.1. The van der Waals surface area contributed by atoms with Gasteiger partial charge in [0, 0.05) is 41.5 Å². The third-order valence-corrected chi connectivity index (χ3v) is 12.1. The Kier molecular flexibility index (Phi) is 9.31. The summed E-state index contributed by atoms with van der Waals surface area (Å²) >= 11 is 0. The molecule has 14 heteroatoms. The summed E-state index contributed by atoms with van der Waals surface area (Å²) in [6.07, 6.45) is 3.07. The fourth-order valence-corrected chi connectivity index (χ4v) is 9.65. The van der Waals surface area contributed by atoms with E-state index in [1.165, 1.54) is 0 Å². The number of rotatable bonds is 8. The fourth-order valence-electron chi connectivity index (χ4n) is 9.65. The van der Waals surface area contributed by atoms with Crippen molar-refractivity contribution in [2.75, 3.05) is 13.1 Å². The van der Waals surface area contributed by atoms with E-state index in [2.05, 4.69) is 15.3 Å². The van der Waals surface area contributed by atoms with Gasteiger partial charge in [0.05, 0.1) is 30.3 Å². The van der Waals surface area contributed by atoms with Crippen molar-refractivity contribution in [2.24, 2.45) is 23.7 Å². The van der Waals surface area contributed by atoms with Gasteiger partial charge in [0.2, 0.25) is 0 Å². The Bertz CT molecular complexity index is 1840. The Hall–Kier alpha value is -3.81. The minimum absolute atomic E-state index is 0.0875. The van der Waals surface area contributed by atoms with Crippen molar-refractivity contribution in [1.29, 1.82) is 0 Å². The average molecular weight is 732 g/mol. The Morgan fingerprint density at radius 2 is 1.75 bits per heavy atom. The van der Waals surface area contributed by atoms with Crippen molar-refractivity contribution in [2.45, 2.75) is 115 Å². The van der Waals surface area contributed by atoms with E-state index in [4.69, 9.17) is 4.74 Å². The SMILES string of the molecule is CC1CC2CC(C)C(NC(=O)c3cnc(-c4cn(C(C)C)c5cc(OC6CCC(N7CC(F)(F)C7)CC6)ccc45)nc3C(F)(F)F)(C(=O)O)C(C1)C2. The van der Waals surface area contributed by atoms with Crippen molar-refractivity contribution in [3.05, 3.63) is 41.9 Å². The van der Waals surface area contributed by atoms with Crippen LogP contribution in [0.5, 0.6) is 5.75 Å². The number of hydrogen-bond donors (Lipinski definition) is 2. The lowest BCUT2D eigenvalue weighted by Crippen LogP contribution is -2.66. The molecule has 0 radical (unpaired) electrons. The highest BCUT2D eigenvalue weighted by atomic mass is 19.4. The van der Waals surface area contributed by atoms with Gasteiger partial charge in [0.25, 0.3) is 11.8 Å². The predicted octanol–water partition coefficient (Wildman–Crippen LogP) is 7.98. The van der Waals surface area contributed by atoms with Crippen LogP contribution in [0.25, 0.3) is 22.3 Å². The highest BCUT2D eigenvalue weighted by molar-refractivity contribution is 6.00. The standard InChI is InChI=1S/C38H46F5N5O4/c1-20(2)48-17-30(28-10-9-27(15-31(28)48)52-26-7-5-25(6-8-26)47-18-36(39,40)19-47)33-44-16-29(32(45-33)38(41,42)43)34(49)46-37(35(50)51)22(4)13-23-11-21(3)12-24(37)14-23/h9-10,15-17,20-26H,5-8,11-14,18-19H2,1-4H3,(H,46,49)(H,50,51). The minimum atomic E-state index is -5.03. The van der Waals surface area contributed by atoms with Gasteiger partial charge in [-0.1, -0.05) is 13.8 Å². The van der Waals surface area contributed by atoms with Crippen LogP contribution in [0.15, 0.2) is 30.6 Å². The Balaban J connectivity index is 1.15. The second-order valence-electron chi connectivity index (χ2n) is 16.1. The molecule has 3 aliphatic carbocycles. The summed E-state index contributed by atoms with van der Waals surface area (Å²) < 4.78 is 79.0. The van der Waals surface area contributed by atoms with Crippen LogP contribution < -0.4 is 10.1 Å². The summed E-state index contributed by atoms with van der Waals surface area (Å²) in [7, 11) is 0. The lowest BCUT2D eigenvalue weighted by molar-refractivity contribution is -0.155. The first-order valence-electron chi connectivity index (χ1n) is 18.4. The maximum Gasteiger partial charge on any atom is 0.434 e. The summed E-state index contributed by atoms with van der Waals surface area (Å²) in [6.45, 7) is 7.28. The molecule has 9 nitrogen and oxygen atoms in total. The number of carboxylic acid groups (broad SMARTS) is 1. The molecule has 52 heavy (non-hydrogen) atoms. The largest absolute Gasteiger partial charge is 0.490 e. The number of nitrogens with one attached hydrogen (secondary N) is 1. The smallest absolute Gasteiger partial charge is 0.434 e. The number of fused-ring (bicyclic) bond motifs is 3. The van der Waals surface area contributed by atoms with E-state index in [-0.39, 0.29) is 43.0 Å². The molecule has 3 aromatic rings. The van der Waals surface area contributed by atoms with Crippen molar-refractivity contribution < 1.29 is 41.4 Å². The maximum absolute atomic E-state index is 14.7. The second-order valence-corrected chi connectivity index (χ2v) is 16.1. The number of carboxylic acids is 1. The number of aromatic nitrogens is 3. The van der Waals surface area contributed by atoms with Gasteiger partial charge in [-0.25, -0.2) is 23.5 Å². The molecule has 5 atom stereocenters. The van der Waals surface area contributed by atoms with Crippen LogP contribution in [-0.4, -0.2) is 73.1 Å². The van der Waals surface area contributed by atoms with Crippen LogP contribution in [0.4, 0.5) is 22.0 Å². The molecule has 7 rings (SSSR count). The number of halogens is 5. The number of ether oxygens (including phenoxy) is 1. The Morgan fingerprint density at radius 3 is 2.38 bits per heavy atom. The van der Waals surface area contributed by atoms with Gasteiger partial charge in [0.15, 0.2) is 11.5 Å². The quantitative estimate of drug-likeness (QED) is 0.226. The zero-order valence-electron chi connectivity index (χ0n) is 29.8. The van der Waals surface area contributed by atoms with Crippen LogP contribution in [0.1, 0.15) is 101 Å². The van der Waals surface area contributed by atoms with E-state index < -0.39 is 52.6 Å². The summed E-state index contributed by atoms with van der Waals surface area (Å²) in [6, 6.07) is 5.37. The highest BCUT2D eigenvalue weighted by Gasteiger charge is 2.57. The molecule has 2 bridgehead atoms. The third kappa shape index (κ3) is 6.64. The maximum atomic E-state index is 14.7. The number of alkyl halides is 5. The van der Waals surface area contributed by atoms with Crippen LogP contribution >= 0.6 is 0 Å². The molecule has 282 valence electrons. The van der Waals surface area contributed by atoms with Crippen LogP contribution in [-0.2, 0) is 11.0 Å². The molecule has 4 fully saturated rings. The second kappa shape index (κ2) is 13.2. The fraction of sp³-hybridized carbons (Fsp3) is 0.632. The molecule has 1 amide bonds. The molecule has 0 spiro atoms. The molecule has 5 unspecified atom stereocenters. The lowest BCUT2D eigenvalue weighted by Gasteiger charge is -2.52. The lowest BCUT2D eigenvalue weighted by atomic mass is 9.56. The molecule has 2 aromatic heterocycles. The van der Waals surface area contributed by atoms with E-state index >= 15 is 0 Å². The van der Waals surface area contributed by atoms with Crippen LogP contribution in [0.3, 0.4) is 0 Å². The number of carbonyl (C=O) groups excluding carboxylic acids is 1. The van der Waals surface area contributed by atoms with Gasteiger partial charge < -0.3 is 19.7 Å². The van der Waals surface area contributed by atoms with Crippen molar-refractivity contribution in [1.82, 2.24) is 24.8 Å². The zero-order chi connectivity index (χ0) is 37.3. The molecule has 1 saturated heterocycles. The summed E-state index contributed by atoms with van der Waals surface area (Å²) in [4.78, 5) is 36.6. The van der Waals surface area contributed by atoms with E-state index in [0.29, 0.717) is 47.4 Å². The van der Waals surface area contributed by atoms with Gasteiger partial charge in [-0.15, -0.1) is 0 Å². The number of hydrogen-bond acceptors (Lipinski definition) is 6. The van der Waals surface area contributed by atoms with E-state index in [1.807, 2.05) is 36.3 Å². The molecular weight excluding hydrogens is 685 g/mol. The molecule has 3 saturated carbocycles. The number of aliphatic carboxylic acids is 1. The molecule has 1 aromatic carbocycles. The topological polar surface area (TPSA) is 110 Å². The van der Waals surface area contributed by atoms with Crippen molar-refractivity contribution in [3.63, 3.8) is 0 Å². The van der Waals surface area contributed by atoms with Crippen molar-refractivity contribution >= 4 is 22.8 Å². The van der Waals surface area contributed by atoms with Gasteiger partial charge >= 0.3 is 12.1 Å². The Morgan fingerprint density at radius 1 is 1.04 bits per heavy atom. The zero-order valence-corrected chi connectivity index (χ0v) is 29.8. The minimum Gasteiger partial charge on any atom is -0.490 e. The van der Waals surface area contributed by atoms with Gasteiger partial charge in [-0.05, 0) is 101 Å². The molecule has 3 heterocycles. The van der Waals surface area contributed by atoms with E-state index in [0.717, 1.165) is 38.3 Å². The van der Waals surface area contributed by atoms with Crippen LogP contribution in [0, 0.1) is 23.7 Å². The summed E-state index contributed by atoms with van der Waals surface area (Å²) in [5, 5.41) is 13.7. The van der Waals surface area contributed by atoms with E-state index in [1.54, 1.807) is 25.3 Å². The van der Waals surface area contributed by atoms with Gasteiger partial charge in [-0.3, -0.25) is 9.69 Å². The molecule has 4 aliphatic rings. The predicted molar refractivity (Wildman–Crippen MR) is 183 cm³/mol. The first-order chi connectivity index (χ1) is 24.4. The Labute approximate surface area is 299 Å². The number of amides is 1. The van der Waals surface area contributed by atoms with Gasteiger partial charge in [-0.2, -0.15) is 13.2 Å².